The first-order chi connectivity index (χ1) is 39.4. The van der Waals surface area contributed by atoms with Crippen LogP contribution >= 0.6 is 7.82 Å². The lowest BCUT2D eigenvalue weighted by Gasteiger charge is -2.30. The summed E-state index contributed by atoms with van der Waals surface area (Å²) in [4.78, 5) is 40.1. The molecule has 1 N–H and O–H groups in total. The van der Waals surface area contributed by atoms with Gasteiger partial charge >= 0.3 is 5.97 Å². The Morgan fingerprint density at radius 3 is 1.19 bits per heavy atom. The van der Waals surface area contributed by atoms with Crippen molar-refractivity contribution >= 4 is 19.7 Å². The molecule has 9 nitrogen and oxygen atoms in total. The summed E-state index contributed by atoms with van der Waals surface area (Å²) in [5.74, 6) is -0.551. The summed E-state index contributed by atoms with van der Waals surface area (Å²) in [5.41, 5.74) is 0. The maximum atomic E-state index is 13.6. The highest BCUT2D eigenvalue weighted by Crippen LogP contribution is 2.38. The Hall–Kier alpha value is -2.81. The number of nitrogens with one attached hydrogen (secondary N) is 1. The van der Waals surface area contributed by atoms with Crippen LogP contribution in [0.25, 0.3) is 0 Å². The summed E-state index contributed by atoms with van der Waals surface area (Å²) in [7, 11) is 1.17. The third-order valence-corrected chi connectivity index (χ3v) is 15.8. The number of unbranched alkanes of at least 4 members (excludes halogenated alkanes) is 33. The van der Waals surface area contributed by atoms with Crippen LogP contribution in [0.1, 0.15) is 303 Å². The Balaban J connectivity index is 5.12. The fourth-order valence-electron chi connectivity index (χ4n) is 9.64. The minimum atomic E-state index is -4.71. The van der Waals surface area contributed by atoms with Gasteiger partial charge in [0.1, 0.15) is 19.3 Å². The molecule has 0 aromatic rings. The van der Waals surface area contributed by atoms with Gasteiger partial charge in [-0.05, 0) is 83.1 Å². The summed E-state index contributed by atoms with van der Waals surface area (Å²) in [6, 6.07) is -0.899. The van der Waals surface area contributed by atoms with E-state index in [4.69, 9.17) is 13.8 Å². The Bertz CT molecular complexity index is 1660. The van der Waals surface area contributed by atoms with Crippen molar-refractivity contribution in [2.24, 2.45) is 0 Å². The topological polar surface area (TPSA) is 114 Å². The first-order valence-electron chi connectivity index (χ1n) is 33.9. The second kappa shape index (κ2) is 60.3. The summed E-state index contributed by atoms with van der Waals surface area (Å²) in [6.07, 6.45) is 79.9. The van der Waals surface area contributed by atoms with Gasteiger partial charge in [0.2, 0.25) is 5.91 Å². The third kappa shape index (κ3) is 61.6. The van der Waals surface area contributed by atoms with Crippen molar-refractivity contribution in [2.75, 3.05) is 40.9 Å². The van der Waals surface area contributed by atoms with Gasteiger partial charge in [0, 0.05) is 12.8 Å². The lowest BCUT2D eigenvalue weighted by molar-refractivity contribution is -0.870. The van der Waals surface area contributed by atoms with Crippen LogP contribution < -0.4 is 10.2 Å². The number of hydrogen-bond acceptors (Lipinski definition) is 7. The van der Waals surface area contributed by atoms with Gasteiger partial charge in [-0.2, -0.15) is 0 Å². The molecule has 3 atom stereocenters. The van der Waals surface area contributed by atoms with Crippen molar-refractivity contribution < 1.29 is 37.3 Å². The normalized spacial score (nSPS) is 14.1. The van der Waals surface area contributed by atoms with E-state index in [1.807, 2.05) is 33.3 Å². The third-order valence-electron chi connectivity index (χ3n) is 14.8. The molecule has 1 amide bonds. The summed E-state index contributed by atoms with van der Waals surface area (Å²) < 4.78 is 30.4. The number of phosphoric acid groups is 1. The molecule has 470 valence electrons. The number of rotatable bonds is 61. The first kappa shape index (κ1) is 78.2. The number of likely N-dealkylation sites (N-methyl/N-ethyl adjacent to an activating group) is 1. The molecule has 0 heterocycles. The van der Waals surface area contributed by atoms with Crippen LogP contribution in [0.3, 0.4) is 0 Å². The van der Waals surface area contributed by atoms with Crippen molar-refractivity contribution in [3.8, 4) is 0 Å². The first-order valence-corrected chi connectivity index (χ1v) is 35.4. The van der Waals surface area contributed by atoms with E-state index in [-0.39, 0.29) is 24.9 Å². The fourth-order valence-corrected chi connectivity index (χ4v) is 10.4. The zero-order valence-corrected chi connectivity index (χ0v) is 54.6. The minimum Gasteiger partial charge on any atom is -0.756 e. The smallest absolute Gasteiger partial charge is 0.306 e. The largest absolute Gasteiger partial charge is 0.756 e. The lowest BCUT2D eigenvalue weighted by Crippen LogP contribution is -2.47. The average molecular weight is 1150 g/mol. The number of allylic oxidation sites excluding steroid dienone is 13. The fraction of sp³-hybridized carbons (Fsp3) is 0.775. The molecule has 0 aromatic heterocycles. The number of esters is 1. The van der Waals surface area contributed by atoms with Crippen LogP contribution in [0, 0.1) is 0 Å². The Morgan fingerprint density at radius 2 is 0.790 bits per heavy atom. The molecule has 81 heavy (non-hydrogen) atoms. The van der Waals surface area contributed by atoms with E-state index >= 15 is 0 Å². The molecule has 0 rings (SSSR count). The highest BCUT2D eigenvalue weighted by molar-refractivity contribution is 7.45. The van der Waals surface area contributed by atoms with Crippen LogP contribution in [0.4, 0.5) is 0 Å². The molecule has 0 bridgehead atoms. The zero-order chi connectivity index (χ0) is 59.3. The van der Waals surface area contributed by atoms with E-state index in [1.54, 1.807) is 0 Å². The minimum absolute atomic E-state index is 0.0275. The van der Waals surface area contributed by atoms with Gasteiger partial charge in [0.25, 0.3) is 7.82 Å². The van der Waals surface area contributed by atoms with Crippen LogP contribution in [0.15, 0.2) is 85.1 Å². The number of phosphoric ester groups is 1. The second-order valence-corrected chi connectivity index (χ2v) is 25.4. The van der Waals surface area contributed by atoms with E-state index in [0.717, 1.165) is 122 Å². The van der Waals surface area contributed by atoms with E-state index in [9.17, 15) is 19.0 Å². The molecule has 0 aliphatic heterocycles. The van der Waals surface area contributed by atoms with E-state index in [1.165, 1.54) is 148 Å². The number of carbonyl (C=O) groups excluding carboxylic acids is 2. The van der Waals surface area contributed by atoms with Crippen molar-refractivity contribution in [1.82, 2.24) is 5.32 Å². The van der Waals surface area contributed by atoms with Gasteiger partial charge in [0.05, 0.1) is 33.8 Å². The number of nitrogens with zero attached hydrogens (tertiary/aromatic N) is 1. The lowest BCUT2D eigenvalue weighted by atomic mass is 10.0. The summed E-state index contributed by atoms with van der Waals surface area (Å²) >= 11 is 0. The Morgan fingerprint density at radius 1 is 0.444 bits per heavy atom. The molecule has 0 radical (unpaired) electrons. The number of hydrogen-bond donors (Lipinski definition) is 1. The second-order valence-electron chi connectivity index (χ2n) is 24.0. The number of carbonyl (C=O) groups is 2. The average Bonchev–Trinajstić information content (AvgIpc) is 3.44. The van der Waals surface area contributed by atoms with Gasteiger partial charge in [0.15, 0.2) is 0 Å². The van der Waals surface area contributed by atoms with Crippen LogP contribution in [-0.2, 0) is 27.9 Å². The molecule has 0 aliphatic rings. The van der Waals surface area contributed by atoms with Crippen LogP contribution in [0.5, 0.6) is 0 Å². The van der Waals surface area contributed by atoms with Gasteiger partial charge in [-0.3, -0.25) is 14.2 Å². The Labute approximate surface area is 501 Å². The zero-order valence-electron chi connectivity index (χ0n) is 53.7. The van der Waals surface area contributed by atoms with Crippen LogP contribution in [-0.4, -0.2) is 69.4 Å². The van der Waals surface area contributed by atoms with E-state index < -0.39 is 26.6 Å². The van der Waals surface area contributed by atoms with Crippen molar-refractivity contribution in [3.05, 3.63) is 85.1 Å². The molecule has 10 heteroatoms. The predicted molar refractivity (Wildman–Crippen MR) is 348 cm³/mol. The molecular formula is C71H129N2O7P. The molecule has 0 aliphatic carbocycles. The SMILES string of the molecule is CC/C=C\C/C=C\C/C=C\C/C=C\C/C=C\C/C=C\CCCCCCCCC(=O)NC(COP(=O)([O-])OCC[N+](C)(C)C)C(/C=C\CCCCCCCCCCC)OC(=O)CCCCCCCCCCCCCCCCCCCCC. The quantitative estimate of drug-likeness (QED) is 0.0212. The number of ether oxygens (including phenoxy) is 1. The van der Waals surface area contributed by atoms with Crippen molar-refractivity contribution in [1.29, 1.82) is 0 Å². The van der Waals surface area contributed by atoms with Crippen LogP contribution in [0.2, 0.25) is 0 Å². The highest BCUT2D eigenvalue weighted by atomic mass is 31.2. The van der Waals surface area contributed by atoms with Gasteiger partial charge < -0.3 is 28.5 Å². The number of amides is 1. The molecule has 3 unspecified atom stereocenters. The molecule has 0 saturated carbocycles. The van der Waals surface area contributed by atoms with Gasteiger partial charge in [-0.15, -0.1) is 0 Å². The molecule has 0 aromatic carbocycles. The van der Waals surface area contributed by atoms with E-state index in [2.05, 4.69) is 99.0 Å². The molecule has 0 spiro atoms. The maximum Gasteiger partial charge on any atom is 0.306 e. The van der Waals surface area contributed by atoms with Crippen molar-refractivity contribution in [2.45, 2.75) is 315 Å². The standard InChI is InChI=1S/C71H129N2O7P/c1-7-10-13-16-19-22-25-27-29-31-33-34-35-36-37-38-40-41-43-45-48-51-54-57-60-63-70(74)72-68(67-79-81(76,77)78-66-65-73(4,5)6)69(62-59-56-53-50-47-24-21-18-15-12-9-3)80-71(75)64-61-58-55-52-49-46-44-42-39-32-30-28-26-23-20-17-14-11-8-2/h10,13,19,22,27,29,33-34,36-37,40-41,59,62,68-69H,7-9,11-12,14-18,20-21,23-26,28,30-32,35,38-39,42-58,60-61,63-67H2,1-6H3,(H-,72,74,76,77)/b13-10-,22-19-,29-27-,34-33-,37-36-,41-40-,62-59-. The number of quaternary nitrogens is 1. The summed E-state index contributed by atoms with van der Waals surface area (Å²) in [5, 5.41) is 3.03. The maximum absolute atomic E-state index is 13.6. The summed E-state index contributed by atoms with van der Waals surface area (Å²) in [6.45, 7) is 6.74. The van der Waals surface area contributed by atoms with E-state index in [0.29, 0.717) is 17.4 Å². The molecule has 0 fully saturated rings. The van der Waals surface area contributed by atoms with Gasteiger partial charge in [-0.25, -0.2) is 0 Å². The highest BCUT2D eigenvalue weighted by Gasteiger charge is 2.27. The molecule has 0 saturated heterocycles. The van der Waals surface area contributed by atoms with Gasteiger partial charge in [-0.1, -0.05) is 292 Å². The monoisotopic (exact) mass is 1150 g/mol. The molecular weight excluding hydrogens is 1020 g/mol. The van der Waals surface area contributed by atoms with Crippen molar-refractivity contribution in [3.63, 3.8) is 0 Å². The Kier molecular flexibility index (Phi) is 58.2. The predicted octanol–water partition coefficient (Wildman–Crippen LogP) is 20.7.